The molecule has 2 rings (SSSR count). The fourth-order valence-electron chi connectivity index (χ4n) is 1.86. The number of amides is 1. The molecule has 0 spiro atoms. The fraction of sp³-hybridized carbons (Fsp3) is 0.222. The number of rotatable bonds is 7. The van der Waals surface area contributed by atoms with Gasteiger partial charge in [0.05, 0.1) is 12.8 Å². The molecule has 0 bridgehead atoms. The highest BCUT2D eigenvalue weighted by Gasteiger charge is 2.06. The molecule has 0 saturated carbocycles. The van der Waals surface area contributed by atoms with Gasteiger partial charge in [0.2, 0.25) is 5.91 Å². The van der Waals surface area contributed by atoms with Crippen LogP contribution in [0.3, 0.4) is 0 Å². The van der Waals surface area contributed by atoms with Gasteiger partial charge in [-0.3, -0.25) is 9.78 Å². The lowest BCUT2D eigenvalue weighted by Gasteiger charge is -2.10. The van der Waals surface area contributed by atoms with Crippen molar-refractivity contribution in [1.82, 2.24) is 4.98 Å². The summed E-state index contributed by atoms with van der Waals surface area (Å²) in [4.78, 5) is 16.0. The highest BCUT2D eigenvalue weighted by Crippen LogP contribution is 2.22. The standard InChI is InChI=1S/C18H20N2O3/c1-2-3-12-23-17-10-11-19-13-16(17)20-18(22)9-6-14-4-7-15(21)8-5-14/h4-11,13,21H,2-3,12H2,1H3,(H,20,22)/b9-6+. The Labute approximate surface area is 135 Å². The molecule has 1 aromatic heterocycles. The third kappa shape index (κ3) is 5.47. The quantitative estimate of drug-likeness (QED) is 0.605. The maximum absolute atomic E-state index is 12.0. The molecular formula is C18H20N2O3. The third-order valence-corrected chi connectivity index (χ3v) is 3.11. The lowest BCUT2D eigenvalue weighted by atomic mass is 10.2. The number of unbranched alkanes of at least 4 members (excludes halogenated alkanes) is 1. The van der Waals surface area contributed by atoms with Crippen molar-refractivity contribution in [2.24, 2.45) is 0 Å². The number of pyridine rings is 1. The summed E-state index contributed by atoms with van der Waals surface area (Å²) in [5.74, 6) is 0.530. The molecule has 2 aromatic rings. The Balaban J connectivity index is 1.98. The van der Waals surface area contributed by atoms with E-state index in [-0.39, 0.29) is 11.7 Å². The van der Waals surface area contributed by atoms with Crippen LogP contribution in [-0.2, 0) is 4.79 Å². The molecule has 5 nitrogen and oxygen atoms in total. The van der Waals surface area contributed by atoms with Crippen LogP contribution in [0, 0.1) is 0 Å². The van der Waals surface area contributed by atoms with Crippen molar-refractivity contribution >= 4 is 17.7 Å². The van der Waals surface area contributed by atoms with Gasteiger partial charge in [-0.1, -0.05) is 25.5 Å². The summed E-state index contributed by atoms with van der Waals surface area (Å²) >= 11 is 0. The predicted molar refractivity (Wildman–Crippen MR) is 90.4 cm³/mol. The van der Waals surface area contributed by atoms with Gasteiger partial charge < -0.3 is 15.2 Å². The molecule has 0 radical (unpaired) electrons. The van der Waals surface area contributed by atoms with E-state index in [0.717, 1.165) is 18.4 Å². The van der Waals surface area contributed by atoms with Crippen molar-refractivity contribution in [3.8, 4) is 11.5 Å². The molecule has 0 aliphatic carbocycles. The Hall–Kier alpha value is -2.82. The van der Waals surface area contributed by atoms with Crippen LogP contribution in [0.25, 0.3) is 6.08 Å². The SMILES string of the molecule is CCCCOc1ccncc1NC(=O)/C=C/c1ccc(O)cc1. The number of hydrogen-bond donors (Lipinski definition) is 2. The number of nitrogens with one attached hydrogen (secondary N) is 1. The molecule has 1 amide bonds. The van der Waals surface area contributed by atoms with Crippen LogP contribution in [0.15, 0.2) is 48.8 Å². The van der Waals surface area contributed by atoms with Crippen molar-refractivity contribution in [1.29, 1.82) is 0 Å². The summed E-state index contributed by atoms with van der Waals surface area (Å²) < 4.78 is 5.65. The van der Waals surface area contributed by atoms with Crippen molar-refractivity contribution in [3.63, 3.8) is 0 Å². The largest absolute Gasteiger partial charge is 0.508 e. The lowest BCUT2D eigenvalue weighted by molar-refractivity contribution is -0.111. The summed E-state index contributed by atoms with van der Waals surface area (Å²) in [6.45, 7) is 2.69. The third-order valence-electron chi connectivity index (χ3n) is 3.11. The van der Waals surface area contributed by atoms with E-state index in [2.05, 4.69) is 17.2 Å². The number of phenols is 1. The fourth-order valence-corrected chi connectivity index (χ4v) is 1.86. The number of carbonyl (C=O) groups is 1. The maximum Gasteiger partial charge on any atom is 0.248 e. The molecular weight excluding hydrogens is 292 g/mol. The zero-order valence-electron chi connectivity index (χ0n) is 13.0. The average Bonchev–Trinajstić information content (AvgIpc) is 2.56. The number of carbonyl (C=O) groups excluding carboxylic acids is 1. The summed E-state index contributed by atoms with van der Waals surface area (Å²) in [7, 11) is 0. The van der Waals surface area contributed by atoms with Gasteiger partial charge in [-0.15, -0.1) is 0 Å². The molecule has 1 heterocycles. The molecule has 0 atom stereocenters. The van der Waals surface area contributed by atoms with Gasteiger partial charge in [-0.05, 0) is 30.2 Å². The first-order valence-corrected chi connectivity index (χ1v) is 7.54. The second-order valence-corrected chi connectivity index (χ2v) is 4.99. The van der Waals surface area contributed by atoms with E-state index in [1.807, 2.05) is 0 Å². The Kier molecular flexibility index (Phi) is 6.17. The minimum atomic E-state index is -0.272. The van der Waals surface area contributed by atoms with Crippen LogP contribution in [0.2, 0.25) is 0 Å². The first-order valence-electron chi connectivity index (χ1n) is 7.54. The van der Waals surface area contributed by atoms with Crippen LogP contribution >= 0.6 is 0 Å². The minimum Gasteiger partial charge on any atom is -0.508 e. The number of aromatic hydroxyl groups is 1. The molecule has 5 heteroatoms. The van der Waals surface area contributed by atoms with Crippen molar-refractivity contribution in [2.75, 3.05) is 11.9 Å². The zero-order valence-corrected chi connectivity index (χ0v) is 13.0. The summed E-state index contributed by atoms with van der Waals surface area (Å²) in [5.41, 5.74) is 1.37. The summed E-state index contributed by atoms with van der Waals surface area (Å²) in [5, 5.41) is 12.0. The van der Waals surface area contributed by atoms with E-state index in [1.54, 1.807) is 48.8 Å². The van der Waals surface area contributed by atoms with E-state index in [9.17, 15) is 9.90 Å². The van der Waals surface area contributed by atoms with E-state index in [4.69, 9.17) is 4.74 Å². The molecule has 0 unspecified atom stereocenters. The second-order valence-electron chi connectivity index (χ2n) is 4.99. The number of nitrogens with zero attached hydrogens (tertiary/aromatic N) is 1. The Morgan fingerprint density at radius 2 is 2.09 bits per heavy atom. The smallest absolute Gasteiger partial charge is 0.248 e. The van der Waals surface area contributed by atoms with Gasteiger partial charge in [0.1, 0.15) is 17.2 Å². The van der Waals surface area contributed by atoms with Crippen molar-refractivity contribution in [3.05, 3.63) is 54.4 Å². The molecule has 23 heavy (non-hydrogen) atoms. The van der Waals surface area contributed by atoms with Gasteiger partial charge in [0.15, 0.2) is 0 Å². The summed E-state index contributed by atoms with van der Waals surface area (Å²) in [6, 6.07) is 8.32. The number of hydrogen-bond acceptors (Lipinski definition) is 4. The van der Waals surface area contributed by atoms with Crippen LogP contribution in [0.1, 0.15) is 25.3 Å². The molecule has 0 aliphatic heterocycles. The van der Waals surface area contributed by atoms with Gasteiger partial charge in [0.25, 0.3) is 0 Å². The van der Waals surface area contributed by atoms with Crippen LogP contribution in [0.4, 0.5) is 5.69 Å². The monoisotopic (exact) mass is 312 g/mol. The first kappa shape index (κ1) is 16.5. The molecule has 1 aromatic carbocycles. The highest BCUT2D eigenvalue weighted by molar-refractivity contribution is 6.02. The topological polar surface area (TPSA) is 71.5 Å². The molecule has 120 valence electrons. The van der Waals surface area contributed by atoms with Gasteiger partial charge >= 0.3 is 0 Å². The number of ether oxygens (including phenoxy) is 1. The number of aromatic nitrogens is 1. The van der Waals surface area contributed by atoms with E-state index in [1.165, 1.54) is 6.08 Å². The zero-order chi connectivity index (χ0) is 16.5. The van der Waals surface area contributed by atoms with E-state index in [0.29, 0.717) is 18.0 Å². The van der Waals surface area contributed by atoms with Gasteiger partial charge in [-0.2, -0.15) is 0 Å². The predicted octanol–water partition coefficient (Wildman–Crippen LogP) is 3.62. The number of benzene rings is 1. The van der Waals surface area contributed by atoms with Crippen LogP contribution in [-0.4, -0.2) is 22.6 Å². The van der Waals surface area contributed by atoms with Crippen LogP contribution < -0.4 is 10.1 Å². The van der Waals surface area contributed by atoms with Crippen LogP contribution in [0.5, 0.6) is 11.5 Å². The maximum atomic E-state index is 12.0. The minimum absolute atomic E-state index is 0.191. The van der Waals surface area contributed by atoms with E-state index >= 15 is 0 Å². The molecule has 0 aliphatic rings. The lowest BCUT2D eigenvalue weighted by Crippen LogP contribution is -2.10. The average molecular weight is 312 g/mol. The van der Waals surface area contributed by atoms with Gasteiger partial charge in [-0.25, -0.2) is 0 Å². The second kappa shape index (κ2) is 8.58. The highest BCUT2D eigenvalue weighted by atomic mass is 16.5. The van der Waals surface area contributed by atoms with Crippen molar-refractivity contribution in [2.45, 2.75) is 19.8 Å². The molecule has 0 saturated heterocycles. The number of anilines is 1. The Morgan fingerprint density at radius 1 is 1.30 bits per heavy atom. The Bertz CT molecular complexity index is 666. The molecule has 0 fully saturated rings. The summed E-state index contributed by atoms with van der Waals surface area (Å²) in [6.07, 6.45) is 8.29. The Morgan fingerprint density at radius 3 is 2.83 bits per heavy atom. The number of phenolic OH excluding ortho intramolecular Hbond substituents is 1. The van der Waals surface area contributed by atoms with E-state index < -0.39 is 0 Å². The molecule has 2 N–H and O–H groups in total. The normalized spacial score (nSPS) is 10.7. The van der Waals surface area contributed by atoms with Gasteiger partial charge in [0, 0.05) is 18.3 Å². The van der Waals surface area contributed by atoms with Crippen molar-refractivity contribution < 1.29 is 14.6 Å². The first-order chi connectivity index (χ1) is 11.2.